The molecular weight excluding hydrogens is 314 g/mol. The second kappa shape index (κ2) is 5.72. The molecule has 25 heavy (non-hydrogen) atoms. The van der Waals surface area contributed by atoms with Crippen molar-refractivity contribution in [2.45, 2.75) is 38.0 Å². The Labute approximate surface area is 145 Å². The number of aromatic nitrogens is 4. The summed E-state index contributed by atoms with van der Waals surface area (Å²) in [5.74, 6) is 2.85. The number of rotatable bonds is 4. The van der Waals surface area contributed by atoms with Crippen molar-refractivity contribution in [2.75, 3.05) is 5.32 Å². The molecule has 3 N–H and O–H groups in total. The van der Waals surface area contributed by atoms with E-state index in [1.54, 1.807) is 6.20 Å². The third-order valence-corrected chi connectivity index (χ3v) is 5.89. The minimum atomic E-state index is -0.0595. The van der Waals surface area contributed by atoms with Crippen LogP contribution in [0.25, 0.3) is 11.0 Å². The second-order valence-electron chi connectivity index (χ2n) is 7.43. The summed E-state index contributed by atoms with van der Waals surface area (Å²) in [7, 11) is 0. The molecule has 1 amide bonds. The fourth-order valence-corrected chi connectivity index (χ4v) is 4.74. The number of nitrogens with one attached hydrogen (secondary N) is 3. The molecule has 3 aromatic rings. The molecule has 2 aliphatic carbocycles. The number of nitrogens with zero attached hydrogens (tertiary/aromatic N) is 2. The van der Waals surface area contributed by atoms with Crippen LogP contribution in [0.3, 0.4) is 0 Å². The molecule has 0 aliphatic heterocycles. The van der Waals surface area contributed by atoms with Crippen molar-refractivity contribution >= 4 is 22.8 Å². The predicted molar refractivity (Wildman–Crippen MR) is 95.2 cm³/mol. The van der Waals surface area contributed by atoms with Crippen LogP contribution in [0.5, 0.6) is 0 Å². The first kappa shape index (κ1) is 14.7. The van der Waals surface area contributed by atoms with Crippen molar-refractivity contribution in [3.63, 3.8) is 0 Å². The van der Waals surface area contributed by atoms with E-state index < -0.39 is 0 Å². The van der Waals surface area contributed by atoms with Gasteiger partial charge in [-0.05, 0) is 48.8 Å². The van der Waals surface area contributed by atoms with Crippen LogP contribution < -0.4 is 5.32 Å². The Kier molecular flexibility index (Phi) is 3.36. The van der Waals surface area contributed by atoms with Gasteiger partial charge in [-0.2, -0.15) is 5.10 Å². The van der Waals surface area contributed by atoms with Crippen molar-refractivity contribution in [3.8, 4) is 0 Å². The summed E-state index contributed by atoms with van der Waals surface area (Å²) < 4.78 is 0. The monoisotopic (exact) mass is 335 g/mol. The lowest BCUT2D eigenvalue weighted by atomic mass is 9.86. The summed E-state index contributed by atoms with van der Waals surface area (Å²) in [6, 6.07) is 5.87. The molecule has 3 aromatic heterocycles. The molecule has 2 saturated carbocycles. The van der Waals surface area contributed by atoms with Crippen LogP contribution in [0.15, 0.2) is 30.6 Å². The summed E-state index contributed by atoms with van der Waals surface area (Å²) in [4.78, 5) is 19.7. The highest BCUT2D eigenvalue weighted by Gasteiger charge is 2.40. The highest BCUT2D eigenvalue weighted by Crippen LogP contribution is 2.52. The second-order valence-corrected chi connectivity index (χ2v) is 7.43. The maximum atomic E-state index is 12.4. The van der Waals surface area contributed by atoms with Gasteiger partial charge in [-0.25, -0.2) is 4.98 Å². The van der Waals surface area contributed by atoms with Gasteiger partial charge in [0.05, 0.1) is 6.42 Å². The van der Waals surface area contributed by atoms with Gasteiger partial charge in [-0.15, -0.1) is 0 Å². The van der Waals surface area contributed by atoms with E-state index in [-0.39, 0.29) is 5.91 Å². The number of hydrogen-bond acceptors (Lipinski definition) is 3. The van der Waals surface area contributed by atoms with Gasteiger partial charge in [0.2, 0.25) is 5.91 Å². The van der Waals surface area contributed by atoms with E-state index in [0.29, 0.717) is 18.2 Å². The predicted octanol–water partition coefficient (Wildman–Crippen LogP) is 3.37. The minimum absolute atomic E-state index is 0.0595. The van der Waals surface area contributed by atoms with Gasteiger partial charge in [0, 0.05) is 35.5 Å². The molecule has 0 radical (unpaired) electrons. The zero-order chi connectivity index (χ0) is 16.8. The van der Waals surface area contributed by atoms with Crippen molar-refractivity contribution in [3.05, 3.63) is 41.9 Å². The molecule has 6 heteroatoms. The number of H-pyrrole nitrogens is 2. The van der Waals surface area contributed by atoms with Gasteiger partial charge in [0.25, 0.3) is 0 Å². The third-order valence-electron chi connectivity index (χ3n) is 5.89. The Morgan fingerprint density at radius 3 is 3.12 bits per heavy atom. The van der Waals surface area contributed by atoms with Crippen molar-refractivity contribution in [1.82, 2.24) is 20.2 Å². The first-order chi connectivity index (χ1) is 12.3. The topological polar surface area (TPSA) is 86.5 Å². The number of amides is 1. The van der Waals surface area contributed by atoms with E-state index >= 15 is 0 Å². The highest BCUT2D eigenvalue weighted by atomic mass is 16.1. The van der Waals surface area contributed by atoms with Gasteiger partial charge in [-0.3, -0.25) is 9.89 Å². The van der Waals surface area contributed by atoms with Crippen molar-refractivity contribution in [1.29, 1.82) is 0 Å². The molecule has 0 saturated heterocycles. The Morgan fingerprint density at radius 1 is 1.32 bits per heavy atom. The average molecular weight is 335 g/mol. The van der Waals surface area contributed by atoms with E-state index in [1.807, 2.05) is 24.4 Å². The van der Waals surface area contributed by atoms with Crippen molar-refractivity contribution < 1.29 is 4.79 Å². The quantitative estimate of drug-likeness (QED) is 0.683. The largest absolute Gasteiger partial charge is 0.346 e. The molecule has 3 atom stereocenters. The molecule has 2 bridgehead atoms. The van der Waals surface area contributed by atoms with Crippen molar-refractivity contribution in [2.24, 2.45) is 11.8 Å². The Morgan fingerprint density at radius 2 is 2.28 bits per heavy atom. The molecule has 2 fully saturated rings. The first-order valence-corrected chi connectivity index (χ1v) is 9.02. The Bertz CT molecular complexity index is 927. The van der Waals surface area contributed by atoms with Gasteiger partial charge in [0.1, 0.15) is 5.65 Å². The van der Waals surface area contributed by atoms with E-state index in [9.17, 15) is 4.79 Å². The van der Waals surface area contributed by atoms with Gasteiger partial charge >= 0.3 is 0 Å². The fraction of sp³-hybridized carbons (Fsp3) is 0.421. The van der Waals surface area contributed by atoms with E-state index in [1.165, 1.54) is 31.4 Å². The molecule has 3 unspecified atom stereocenters. The van der Waals surface area contributed by atoms with Crippen LogP contribution in [-0.2, 0) is 11.2 Å². The SMILES string of the molecule is O=C(Cc1c[nH]c2ncccc12)Nc1cc(C2CC3CCC2C3)[nH]n1. The normalized spacial score (nSPS) is 24.9. The lowest BCUT2D eigenvalue weighted by molar-refractivity contribution is -0.115. The number of hydrogen-bond donors (Lipinski definition) is 3. The number of fused-ring (bicyclic) bond motifs is 3. The van der Waals surface area contributed by atoms with Crippen LogP contribution in [0.4, 0.5) is 5.82 Å². The summed E-state index contributed by atoms with van der Waals surface area (Å²) in [5, 5.41) is 11.3. The maximum absolute atomic E-state index is 12.4. The summed E-state index contributed by atoms with van der Waals surface area (Å²) in [5.41, 5.74) is 2.94. The third kappa shape index (κ3) is 2.62. The molecule has 0 spiro atoms. The lowest BCUT2D eigenvalue weighted by Gasteiger charge is -2.19. The van der Waals surface area contributed by atoms with Gasteiger partial charge < -0.3 is 10.3 Å². The van der Waals surface area contributed by atoms with E-state index in [4.69, 9.17) is 0 Å². The molecule has 3 heterocycles. The number of carbonyl (C=O) groups excluding carboxylic acids is 1. The minimum Gasteiger partial charge on any atom is -0.346 e. The fourth-order valence-electron chi connectivity index (χ4n) is 4.74. The first-order valence-electron chi connectivity index (χ1n) is 9.02. The average Bonchev–Trinajstić information content (AvgIpc) is 3.38. The maximum Gasteiger partial charge on any atom is 0.230 e. The zero-order valence-corrected chi connectivity index (χ0v) is 14.0. The number of aromatic amines is 2. The van der Waals surface area contributed by atoms with Gasteiger partial charge in [0.15, 0.2) is 5.82 Å². The smallest absolute Gasteiger partial charge is 0.230 e. The molecule has 2 aliphatic rings. The van der Waals surface area contributed by atoms with Crippen LogP contribution in [-0.4, -0.2) is 26.1 Å². The number of carbonyl (C=O) groups is 1. The zero-order valence-electron chi connectivity index (χ0n) is 14.0. The lowest BCUT2D eigenvalue weighted by Crippen LogP contribution is -2.14. The summed E-state index contributed by atoms with van der Waals surface area (Å²) in [6.07, 6.45) is 9.25. The Hall–Kier alpha value is -2.63. The molecular formula is C19H21N5O. The highest BCUT2D eigenvalue weighted by molar-refractivity contribution is 5.94. The summed E-state index contributed by atoms with van der Waals surface area (Å²) >= 11 is 0. The molecule has 128 valence electrons. The van der Waals surface area contributed by atoms with Crippen LogP contribution >= 0.6 is 0 Å². The standard InChI is InChI=1S/C19H21N5O/c25-18(8-13-10-21-19-14(13)2-1-5-20-19)22-17-9-16(23-24-17)15-7-11-3-4-12(15)6-11/h1-2,5,9-12,15H,3-4,6-8H2,(H,20,21)(H2,22,23,24,25). The van der Waals surface area contributed by atoms with E-state index in [0.717, 1.165) is 28.4 Å². The van der Waals surface area contributed by atoms with Crippen LogP contribution in [0.2, 0.25) is 0 Å². The Balaban J connectivity index is 1.27. The number of anilines is 1. The van der Waals surface area contributed by atoms with E-state index in [2.05, 4.69) is 25.5 Å². The van der Waals surface area contributed by atoms with Crippen LogP contribution in [0.1, 0.15) is 42.9 Å². The number of pyridine rings is 1. The molecule has 5 rings (SSSR count). The van der Waals surface area contributed by atoms with Crippen LogP contribution in [0, 0.1) is 11.8 Å². The summed E-state index contributed by atoms with van der Waals surface area (Å²) in [6.45, 7) is 0. The molecule has 0 aromatic carbocycles. The van der Waals surface area contributed by atoms with Gasteiger partial charge in [-0.1, -0.05) is 6.42 Å². The molecule has 6 nitrogen and oxygen atoms in total.